The van der Waals surface area contributed by atoms with Gasteiger partial charge in [-0.15, -0.1) is 0 Å². The summed E-state index contributed by atoms with van der Waals surface area (Å²) in [4.78, 5) is 7.08. The summed E-state index contributed by atoms with van der Waals surface area (Å²) in [5.41, 5.74) is 0.975. The van der Waals surface area contributed by atoms with Crippen LogP contribution < -0.4 is 5.32 Å². The van der Waals surface area contributed by atoms with E-state index in [1.54, 1.807) is 19.1 Å². The standard InChI is InChI=1S/C12H11F4N3/c1-6-4-3-5-7-8(6)9(17-2)19-11(18-7)12(15,16)10(13)14/h3-5,10H,1-2H3,(H,17,18,19). The van der Waals surface area contributed by atoms with Crippen LogP contribution in [0.25, 0.3) is 10.9 Å². The van der Waals surface area contributed by atoms with E-state index in [4.69, 9.17) is 0 Å². The molecule has 19 heavy (non-hydrogen) atoms. The van der Waals surface area contributed by atoms with Crippen molar-refractivity contribution in [3.8, 4) is 0 Å². The molecule has 7 heteroatoms. The third kappa shape index (κ3) is 2.20. The fourth-order valence-corrected chi connectivity index (χ4v) is 1.78. The number of anilines is 1. The Morgan fingerprint density at radius 3 is 2.47 bits per heavy atom. The summed E-state index contributed by atoms with van der Waals surface area (Å²) < 4.78 is 51.4. The second-order valence-corrected chi connectivity index (χ2v) is 4.04. The van der Waals surface area contributed by atoms with Crippen LogP contribution in [0.4, 0.5) is 23.4 Å². The molecule has 0 atom stereocenters. The summed E-state index contributed by atoms with van der Waals surface area (Å²) in [6, 6.07) is 4.86. The van der Waals surface area contributed by atoms with Gasteiger partial charge in [0.15, 0.2) is 0 Å². The van der Waals surface area contributed by atoms with Gasteiger partial charge in [-0.25, -0.2) is 18.7 Å². The molecule has 102 valence electrons. The molecular weight excluding hydrogens is 262 g/mol. The molecule has 0 bridgehead atoms. The van der Waals surface area contributed by atoms with Crippen molar-refractivity contribution in [2.24, 2.45) is 0 Å². The number of fused-ring (bicyclic) bond motifs is 1. The molecule has 1 N–H and O–H groups in total. The van der Waals surface area contributed by atoms with Crippen molar-refractivity contribution < 1.29 is 17.6 Å². The first-order chi connectivity index (χ1) is 8.87. The van der Waals surface area contributed by atoms with E-state index < -0.39 is 18.2 Å². The summed E-state index contributed by atoms with van der Waals surface area (Å²) in [5.74, 6) is -5.44. The minimum absolute atomic E-state index is 0.110. The zero-order valence-electron chi connectivity index (χ0n) is 10.2. The van der Waals surface area contributed by atoms with Crippen LogP contribution in [0.3, 0.4) is 0 Å². The highest BCUT2D eigenvalue weighted by Crippen LogP contribution is 2.34. The third-order valence-corrected chi connectivity index (χ3v) is 2.74. The maximum absolute atomic E-state index is 13.3. The molecule has 1 heterocycles. The van der Waals surface area contributed by atoms with Gasteiger partial charge >= 0.3 is 12.3 Å². The largest absolute Gasteiger partial charge is 0.373 e. The van der Waals surface area contributed by atoms with Gasteiger partial charge in [0.2, 0.25) is 5.82 Å². The second-order valence-electron chi connectivity index (χ2n) is 4.04. The molecule has 0 aliphatic carbocycles. The van der Waals surface area contributed by atoms with Crippen molar-refractivity contribution in [2.75, 3.05) is 12.4 Å². The van der Waals surface area contributed by atoms with Crippen molar-refractivity contribution in [1.29, 1.82) is 0 Å². The molecule has 0 radical (unpaired) electrons. The monoisotopic (exact) mass is 273 g/mol. The Morgan fingerprint density at radius 2 is 1.89 bits per heavy atom. The van der Waals surface area contributed by atoms with E-state index in [1.165, 1.54) is 13.1 Å². The number of hydrogen-bond donors (Lipinski definition) is 1. The first kappa shape index (κ1) is 13.5. The van der Waals surface area contributed by atoms with Gasteiger partial charge in [-0.05, 0) is 18.6 Å². The smallest absolute Gasteiger partial charge is 0.365 e. The average Bonchev–Trinajstić information content (AvgIpc) is 2.37. The van der Waals surface area contributed by atoms with Gasteiger partial charge in [-0.3, -0.25) is 0 Å². The van der Waals surface area contributed by atoms with Crippen LogP contribution >= 0.6 is 0 Å². The fourth-order valence-electron chi connectivity index (χ4n) is 1.78. The van der Waals surface area contributed by atoms with Crippen LogP contribution in [-0.4, -0.2) is 23.4 Å². The summed E-state index contributed by atoms with van der Waals surface area (Å²) >= 11 is 0. The Hall–Kier alpha value is -1.92. The third-order valence-electron chi connectivity index (χ3n) is 2.74. The lowest BCUT2D eigenvalue weighted by Gasteiger charge is -2.16. The molecule has 2 aromatic rings. The summed E-state index contributed by atoms with van der Waals surface area (Å²) in [6.45, 7) is 1.76. The Kier molecular flexibility index (Phi) is 3.30. The van der Waals surface area contributed by atoms with Crippen LogP contribution in [0, 0.1) is 6.92 Å². The van der Waals surface area contributed by atoms with E-state index in [2.05, 4.69) is 15.3 Å². The zero-order valence-corrected chi connectivity index (χ0v) is 10.2. The quantitative estimate of drug-likeness (QED) is 0.871. The maximum atomic E-state index is 13.3. The number of aryl methyl sites for hydroxylation is 1. The van der Waals surface area contributed by atoms with Gasteiger partial charge < -0.3 is 5.32 Å². The SMILES string of the molecule is CNc1nc(C(F)(F)C(F)F)nc2cccc(C)c12. The first-order valence-electron chi connectivity index (χ1n) is 5.49. The van der Waals surface area contributed by atoms with Gasteiger partial charge in [0.25, 0.3) is 0 Å². The number of nitrogens with zero attached hydrogens (tertiary/aromatic N) is 2. The molecule has 0 fully saturated rings. The molecule has 0 saturated carbocycles. The highest BCUT2D eigenvalue weighted by atomic mass is 19.3. The number of nitrogens with one attached hydrogen (secondary N) is 1. The Labute approximate surface area is 106 Å². The highest BCUT2D eigenvalue weighted by Gasteiger charge is 2.46. The summed E-state index contributed by atoms with van der Waals surface area (Å²) in [6.07, 6.45) is -3.85. The molecule has 0 aliphatic heterocycles. The molecule has 0 unspecified atom stereocenters. The van der Waals surface area contributed by atoms with Gasteiger partial charge in [0.1, 0.15) is 5.82 Å². The number of halogens is 4. The van der Waals surface area contributed by atoms with Crippen molar-refractivity contribution in [3.63, 3.8) is 0 Å². The van der Waals surface area contributed by atoms with Crippen molar-refractivity contribution in [2.45, 2.75) is 19.3 Å². The van der Waals surface area contributed by atoms with Gasteiger partial charge in [0, 0.05) is 12.4 Å². The Morgan fingerprint density at radius 1 is 1.21 bits per heavy atom. The van der Waals surface area contributed by atoms with E-state index in [0.717, 1.165) is 5.56 Å². The number of aromatic nitrogens is 2. The minimum atomic E-state index is -4.37. The van der Waals surface area contributed by atoms with Crippen LogP contribution in [-0.2, 0) is 5.92 Å². The number of hydrogen-bond acceptors (Lipinski definition) is 3. The lowest BCUT2D eigenvalue weighted by Crippen LogP contribution is -2.26. The van der Waals surface area contributed by atoms with Crippen molar-refractivity contribution >= 4 is 16.7 Å². The van der Waals surface area contributed by atoms with Gasteiger partial charge in [-0.1, -0.05) is 12.1 Å². The Bertz CT molecular complexity index is 613. The van der Waals surface area contributed by atoms with Crippen LogP contribution in [0.15, 0.2) is 18.2 Å². The van der Waals surface area contributed by atoms with Crippen molar-refractivity contribution in [3.05, 3.63) is 29.6 Å². The molecule has 0 aliphatic rings. The minimum Gasteiger partial charge on any atom is -0.373 e. The van der Waals surface area contributed by atoms with E-state index >= 15 is 0 Å². The molecule has 1 aromatic heterocycles. The van der Waals surface area contributed by atoms with Crippen LogP contribution in [0.5, 0.6) is 0 Å². The zero-order chi connectivity index (χ0) is 14.2. The molecule has 3 nitrogen and oxygen atoms in total. The average molecular weight is 273 g/mol. The van der Waals surface area contributed by atoms with Crippen LogP contribution in [0.1, 0.15) is 11.4 Å². The predicted molar refractivity (Wildman–Crippen MR) is 63.7 cm³/mol. The van der Waals surface area contributed by atoms with Crippen LogP contribution in [0.2, 0.25) is 0 Å². The van der Waals surface area contributed by atoms with E-state index in [0.29, 0.717) is 5.39 Å². The second kappa shape index (κ2) is 4.64. The van der Waals surface area contributed by atoms with Crippen molar-refractivity contribution in [1.82, 2.24) is 9.97 Å². The molecule has 2 rings (SSSR count). The van der Waals surface area contributed by atoms with E-state index in [-0.39, 0.29) is 11.3 Å². The topological polar surface area (TPSA) is 37.8 Å². The Balaban J connectivity index is 2.74. The van der Waals surface area contributed by atoms with E-state index in [9.17, 15) is 17.6 Å². The fraction of sp³-hybridized carbons (Fsp3) is 0.333. The molecule has 1 aromatic carbocycles. The van der Waals surface area contributed by atoms with Gasteiger partial charge in [-0.2, -0.15) is 8.78 Å². The number of alkyl halides is 4. The van der Waals surface area contributed by atoms with E-state index in [1.807, 2.05) is 0 Å². The van der Waals surface area contributed by atoms with Gasteiger partial charge in [0.05, 0.1) is 5.52 Å². The number of rotatable bonds is 3. The summed E-state index contributed by atoms with van der Waals surface area (Å²) in [7, 11) is 1.48. The molecule has 0 amide bonds. The normalized spacial score (nSPS) is 12.2. The molecule has 0 spiro atoms. The number of benzene rings is 1. The summed E-state index contributed by atoms with van der Waals surface area (Å²) in [5, 5.41) is 3.17. The lowest BCUT2D eigenvalue weighted by atomic mass is 10.1. The predicted octanol–water partition coefficient (Wildman–Crippen LogP) is 3.34. The maximum Gasteiger partial charge on any atom is 0.365 e. The highest BCUT2D eigenvalue weighted by molar-refractivity contribution is 5.91. The molecule has 0 saturated heterocycles. The molecular formula is C12H11F4N3. The first-order valence-corrected chi connectivity index (χ1v) is 5.49. The lowest BCUT2D eigenvalue weighted by molar-refractivity contribution is -0.140.